The summed E-state index contributed by atoms with van der Waals surface area (Å²) in [5.41, 5.74) is 0.504. The first-order valence-corrected chi connectivity index (χ1v) is 7.97. The van der Waals surface area contributed by atoms with Crippen LogP contribution in [0, 0.1) is 0 Å². The summed E-state index contributed by atoms with van der Waals surface area (Å²) in [6, 6.07) is 3.50. The van der Waals surface area contributed by atoms with E-state index < -0.39 is 0 Å². The number of nitrogens with zero attached hydrogens (tertiary/aromatic N) is 3. The molecule has 0 spiro atoms. The third kappa shape index (κ3) is 4.96. The normalized spacial score (nSPS) is 16.5. The third-order valence-electron chi connectivity index (χ3n) is 3.83. The summed E-state index contributed by atoms with van der Waals surface area (Å²) in [6.07, 6.45) is 2.59. The van der Waals surface area contributed by atoms with Crippen molar-refractivity contribution in [2.45, 2.75) is 13.3 Å². The van der Waals surface area contributed by atoms with E-state index >= 15 is 0 Å². The van der Waals surface area contributed by atoms with Gasteiger partial charge < -0.3 is 19.9 Å². The largest absolute Gasteiger partial charge is 0.477 e. The molecular weight excluding hydrogens is 280 g/mol. The van der Waals surface area contributed by atoms with Crippen LogP contribution in [0.2, 0.25) is 0 Å². The van der Waals surface area contributed by atoms with Crippen LogP contribution in [0.1, 0.15) is 23.7 Å². The molecule has 0 unspecified atom stereocenters. The molecule has 0 bridgehead atoms. The molecule has 1 aliphatic rings. The van der Waals surface area contributed by atoms with Crippen molar-refractivity contribution in [3.63, 3.8) is 0 Å². The Kier molecular flexibility index (Phi) is 6.61. The molecule has 0 aliphatic carbocycles. The number of pyridine rings is 1. The summed E-state index contributed by atoms with van der Waals surface area (Å²) in [7, 11) is 2.15. The van der Waals surface area contributed by atoms with Crippen molar-refractivity contribution in [2.24, 2.45) is 0 Å². The van der Waals surface area contributed by atoms with Gasteiger partial charge in [0, 0.05) is 38.9 Å². The first kappa shape index (κ1) is 16.7. The number of rotatable bonds is 7. The van der Waals surface area contributed by atoms with E-state index in [1.807, 2.05) is 6.92 Å². The number of hydrogen-bond acceptors (Lipinski definition) is 5. The number of carbonyl (C=O) groups is 1. The van der Waals surface area contributed by atoms with Crippen molar-refractivity contribution in [3.05, 3.63) is 23.9 Å². The standard InChI is InChI=1S/C16H26N4O2/c1-3-22-16-14(6-4-7-18-16)15(21)17-8-5-9-20-12-10-19(2)11-13-20/h4,6-7H,3,5,8-13H2,1-2H3,(H,17,21). The summed E-state index contributed by atoms with van der Waals surface area (Å²) in [5.74, 6) is 0.288. The lowest BCUT2D eigenvalue weighted by molar-refractivity contribution is 0.0945. The molecular formula is C16H26N4O2. The zero-order valence-electron chi connectivity index (χ0n) is 13.5. The van der Waals surface area contributed by atoms with Crippen molar-refractivity contribution < 1.29 is 9.53 Å². The van der Waals surface area contributed by atoms with E-state index in [9.17, 15) is 4.79 Å². The van der Waals surface area contributed by atoms with Gasteiger partial charge in [0.2, 0.25) is 5.88 Å². The summed E-state index contributed by atoms with van der Waals surface area (Å²) < 4.78 is 5.38. The molecule has 1 aromatic rings. The second-order valence-corrected chi connectivity index (χ2v) is 5.54. The lowest BCUT2D eigenvalue weighted by Gasteiger charge is -2.32. The van der Waals surface area contributed by atoms with Crippen LogP contribution in [-0.4, -0.2) is 73.6 Å². The molecule has 2 heterocycles. The zero-order valence-corrected chi connectivity index (χ0v) is 13.5. The number of hydrogen-bond donors (Lipinski definition) is 1. The van der Waals surface area contributed by atoms with Gasteiger partial charge in [-0.15, -0.1) is 0 Å². The van der Waals surface area contributed by atoms with Gasteiger partial charge in [-0.3, -0.25) is 4.79 Å². The van der Waals surface area contributed by atoms with E-state index in [-0.39, 0.29) is 5.91 Å². The quantitative estimate of drug-likeness (QED) is 0.757. The first-order valence-electron chi connectivity index (χ1n) is 7.97. The van der Waals surface area contributed by atoms with E-state index in [0.717, 1.165) is 39.1 Å². The molecule has 22 heavy (non-hydrogen) atoms. The number of aromatic nitrogens is 1. The number of nitrogens with one attached hydrogen (secondary N) is 1. The van der Waals surface area contributed by atoms with Crippen molar-refractivity contribution in [1.82, 2.24) is 20.1 Å². The molecule has 1 saturated heterocycles. The second-order valence-electron chi connectivity index (χ2n) is 5.54. The fourth-order valence-corrected chi connectivity index (χ4v) is 2.49. The Bertz CT molecular complexity index is 473. The molecule has 122 valence electrons. The minimum absolute atomic E-state index is 0.116. The van der Waals surface area contributed by atoms with Crippen molar-refractivity contribution >= 4 is 5.91 Å². The molecule has 0 radical (unpaired) electrons. The van der Waals surface area contributed by atoms with Crippen molar-refractivity contribution in [1.29, 1.82) is 0 Å². The molecule has 6 nitrogen and oxygen atoms in total. The molecule has 0 aromatic carbocycles. The maximum Gasteiger partial charge on any atom is 0.256 e. The monoisotopic (exact) mass is 306 g/mol. The van der Waals surface area contributed by atoms with E-state index in [4.69, 9.17) is 4.74 Å². The van der Waals surface area contributed by atoms with Gasteiger partial charge in [-0.1, -0.05) is 0 Å². The van der Waals surface area contributed by atoms with Crippen LogP contribution in [0.5, 0.6) is 5.88 Å². The highest BCUT2D eigenvalue weighted by molar-refractivity contribution is 5.96. The van der Waals surface area contributed by atoms with Crippen LogP contribution >= 0.6 is 0 Å². The van der Waals surface area contributed by atoms with Gasteiger partial charge in [-0.25, -0.2) is 4.98 Å². The molecule has 0 atom stereocenters. The maximum atomic E-state index is 12.2. The molecule has 1 aliphatic heterocycles. The van der Waals surface area contributed by atoms with E-state index in [1.165, 1.54) is 0 Å². The molecule has 6 heteroatoms. The summed E-state index contributed by atoms with van der Waals surface area (Å²) in [4.78, 5) is 21.1. The fourth-order valence-electron chi connectivity index (χ4n) is 2.49. The average Bonchev–Trinajstić information content (AvgIpc) is 2.54. The first-order chi connectivity index (χ1) is 10.7. The highest BCUT2D eigenvalue weighted by Crippen LogP contribution is 2.13. The number of carbonyl (C=O) groups excluding carboxylic acids is 1. The highest BCUT2D eigenvalue weighted by atomic mass is 16.5. The number of amides is 1. The van der Waals surface area contributed by atoms with Gasteiger partial charge in [0.1, 0.15) is 5.56 Å². The van der Waals surface area contributed by atoms with Crippen molar-refractivity contribution in [3.8, 4) is 5.88 Å². The lowest BCUT2D eigenvalue weighted by atomic mass is 10.2. The van der Waals surface area contributed by atoms with E-state index in [1.54, 1.807) is 18.3 Å². The number of ether oxygens (including phenoxy) is 1. The van der Waals surface area contributed by atoms with Gasteiger partial charge >= 0.3 is 0 Å². The summed E-state index contributed by atoms with van der Waals surface area (Å²) >= 11 is 0. The van der Waals surface area contributed by atoms with Crippen LogP contribution in [-0.2, 0) is 0 Å². The van der Waals surface area contributed by atoms with E-state index in [0.29, 0.717) is 24.6 Å². The molecule has 1 aromatic heterocycles. The Morgan fingerprint density at radius 3 is 2.86 bits per heavy atom. The van der Waals surface area contributed by atoms with Gasteiger partial charge in [0.15, 0.2) is 0 Å². The Morgan fingerprint density at radius 2 is 2.14 bits per heavy atom. The van der Waals surface area contributed by atoms with Crippen LogP contribution in [0.15, 0.2) is 18.3 Å². The van der Waals surface area contributed by atoms with Crippen LogP contribution in [0.3, 0.4) is 0 Å². The maximum absolute atomic E-state index is 12.2. The summed E-state index contributed by atoms with van der Waals surface area (Å²) in [5, 5.41) is 2.95. The Balaban J connectivity index is 1.72. The summed E-state index contributed by atoms with van der Waals surface area (Å²) in [6.45, 7) is 8.56. The van der Waals surface area contributed by atoms with Crippen LogP contribution < -0.4 is 10.1 Å². The minimum Gasteiger partial charge on any atom is -0.477 e. The molecule has 1 amide bonds. The molecule has 0 saturated carbocycles. The predicted molar refractivity (Wildman–Crippen MR) is 86.3 cm³/mol. The fraction of sp³-hybridized carbons (Fsp3) is 0.625. The number of likely N-dealkylation sites (N-methyl/N-ethyl adjacent to an activating group) is 1. The van der Waals surface area contributed by atoms with Crippen LogP contribution in [0.25, 0.3) is 0 Å². The zero-order chi connectivity index (χ0) is 15.8. The highest BCUT2D eigenvalue weighted by Gasteiger charge is 2.14. The smallest absolute Gasteiger partial charge is 0.256 e. The van der Waals surface area contributed by atoms with Gasteiger partial charge in [-0.2, -0.15) is 0 Å². The van der Waals surface area contributed by atoms with Gasteiger partial charge in [0.05, 0.1) is 6.61 Å². The molecule has 1 N–H and O–H groups in total. The van der Waals surface area contributed by atoms with Gasteiger partial charge in [0.25, 0.3) is 5.91 Å². The lowest BCUT2D eigenvalue weighted by Crippen LogP contribution is -2.45. The van der Waals surface area contributed by atoms with Crippen LogP contribution in [0.4, 0.5) is 0 Å². The Labute approximate surface area is 132 Å². The van der Waals surface area contributed by atoms with E-state index in [2.05, 4.69) is 27.1 Å². The topological polar surface area (TPSA) is 57.7 Å². The molecule has 2 rings (SSSR count). The van der Waals surface area contributed by atoms with Crippen molar-refractivity contribution in [2.75, 3.05) is 52.9 Å². The molecule has 1 fully saturated rings. The predicted octanol–water partition coefficient (Wildman–Crippen LogP) is 0.848. The minimum atomic E-state index is -0.116. The second kappa shape index (κ2) is 8.70. The average molecular weight is 306 g/mol. The Morgan fingerprint density at radius 1 is 1.36 bits per heavy atom. The van der Waals surface area contributed by atoms with Gasteiger partial charge in [-0.05, 0) is 39.1 Å². The number of piperazine rings is 1. The SMILES string of the molecule is CCOc1ncccc1C(=O)NCCCN1CCN(C)CC1. The Hall–Kier alpha value is -1.66. The third-order valence-corrected chi connectivity index (χ3v) is 3.83.